The number of nitrogens with zero attached hydrogens (tertiary/aromatic N) is 1. The fourth-order valence-corrected chi connectivity index (χ4v) is 2.57. The molecule has 1 aromatic rings. The number of alkyl halides is 4. The summed E-state index contributed by atoms with van der Waals surface area (Å²) in [6.07, 6.45) is -11.0. The second-order valence-electron chi connectivity index (χ2n) is 4.44. The zero-order valence-corrected chi connectivity index (χ0v) is 11.8. The lowest BCUT2D eigenvalue weighted by molar-refractivity contribution is -0.273. The third kappa shape index (κ3) is 2.52. The number of halogens is 4. The van der Waals surface area contributed by atoms with Gasteiger partial charge in [-0.05, 0) is 18.3 Å². The molecule has 0 spiro atoms. The van der Waals surface area contributed by atoms with E-state index in [1.165, 1.54) is 6.07 Å². The van der Waals surface area contributed by atoms with Crippen molar-refractivity contribution >= 4 is 24.4 Å². The summed E-state index contributed by atoms with van der Waals surface area (Å²) in [4.78, 5) is 2.39. The standard InChI is InChI=1S/C10H10F4N2O3S2/c11-9(10(12,13)14)6(18)4(3-17)19-7(9)16-2-1-5(20)15-8(16)21/h1-2,4,6-7,17-18H,3H2,(H,15,20,21)/t4-,6+,7-,9?/m1/s1. The molecule has 1 saturated heterocycles. The molecular formula is C10H10F4N2O3S2. The lowest BCUT2D eigenvalue weighted by atomic mass is 9.95. The van der Waals surface area contributed by atoms with E-state index in [9.17, 15) is 22.7 Å². The van der Waals surface area contributed by atoms with Crippen LogP contribution in [0, 0.1) is 9.41 Å². The van der Waals surface area contributed by atoms with Crippen molar-refractivity contribution < 1.29 is 32.5 Å². The summed E-state index contributed by atoms with van der Waals surface area (Å²) < 4.78 is 59.1. The van der Waals surface area contributed by atoms with E-state index in [-0.39, 0.29) is 9.41 Å². The normalized spacial score (nSPS) is 33.3. The minimum Gasteiger partial charge on any atom is -0.394 e. The van der Waals surface area contributed by atoms with E-state index >= 15 is 0 Å². The van der Waals surface area contributed by atoms with Gasteiger partial charge in [-0.25, -0.2) is 4.39 Å². The Morgan fingerprint density at radius 1 is 1.43 bits per heavy atom. The highest BCUT2D eigenvalue weighted by Crippen LogP contribution is 2.51. The van der Waals surface area contributed by atoms with Crippen LogP contribution in [0.5, 0.6) is 0 Å². The van der Waals surface area contributed by atoms with Crippen LogP contribution in [0.25, 0.3) is 0 Å². The van der Waals surface area contributed by atoms with Gasteiger partial charge in [-0.15, -0.1) is 0 Å². The van der Waals surface area contributed by atoms with Crippen LogP contribution >= 0.6 is 24.4 Å². The second kappa shape index (κ2) is 5.39. The van der Waals surface area contributed by atoms with Crippen LogP contribution < -0.4 is 0 Å². The quantitative estimate of drug-likeness (QED) is 0.563. The molecule has 1 aromatic heterocycles. The molecule has 2 rings (SSSR count). The molecule has 5 nitrogen and oxygen atoms in total. The lowest BCUT2D eigenvalue weighted by Gasteiger charge is -2.31. The van der Waals surface area contributed by atoms with Gasteiger partial charge in [0.15, 0.2) is 11.0 Å². The summed E-state index contributed by atoms with van der Waals surface area (Å²) in [7, 11) is 0. The minimum absolute atomic E-state index is 0.143. The zero-order valence-electron chi connectivity index (χ0n) is 10.2. The average Bonchev–Trinajstić information content (AvgIpc) is 2.63. The number of hydrogen-bond acceptors (Lipinski definition) is 5. The fraction of sp³-hybridized carbons (Fsp3) is 0.600. The number of aromatic amines is 1. The molecule has 1 unspecified atom stereocenters. The first-order chi connectivity index (χ1) is 9.62. The van der Waals surface area contributed by atoms with Gasteiger partial charge in [0, 0.05) is 6.20 Å². The van der Waals surface area contributed by atoms with E-state index in [2.05, 4.69) is 4.98 Å². The fourth-order valence-electron chi connectivity index (χ4n) is 2.09. The molecule has 1 aliphatic rings. The van der Waals surface area contributed by atoms with Crippen LogP contribution in [0.15, 0.2) is 12.3 Å². The van der Waals surface area contributed by atoms with Crippen LogP contribution in [-0.2, 0) is 4.74 Å². The Labute approximate surface area is 125 Å². The van der Waals surface area contributed by atoms with Crippen molar-refractivity contribution in [2.75, 3.05) is 6.61 Å². The molecule has 1 aliphatic heterocycles. The predicted molar refractivity (Wildman–Crippen MR) is 67.3 cm³/mol. The Morgan fingerprint density at radius 3 is 2.52 bits per heavy atom. The van der Waals surface area contributed by atoms with E-state index in [1.54, 1.807) is 0 Å². The molecule has 0 aromatic carbocycles. The Bertz CT molecular complexity index is 646. The topological polar surface area (TPSA) is 70.4 Å². The summed E-state index contributed by atoms with van der Waals surface area (Å²) in [5.74, 6) is 0. The van der Waals surface area contributed by atoms with Gasteiger partial charge in [-0.3, -0.25) is 4.57 Å². The molecule has 21 heavy (non-hydrogen) atoms. The van der Waals surface area contributed by atoms with Gasteiger partial charge in [0.2, 0.25) is 0 Å². The van der Waals surface area contributed by atoms with E-state index in [4.69, 9.17) is 34.3 Å². The van der Waals surface area contributed by atoms with Crippen LogP contribution in [0.4, 0.5) is 17.6 Å². The molecule has 2 heterocycles. The van der Waals surface area contributed by atoms with Crippen molar-refractivity contribution in [1.29, 1.82) is 0 Å². The van der Waals surface area contributed by atoms with Crippen LogP contribution in [0.1, 0.15) is 6.23 Å². The van der Waals surface area contributed by atoms with Crippen molar-refractivity contribution in [2.24, 2.45) is 0 Å². The number of H-pyrrole nitrogens is 1. The highest BCUT2D eigenvalue weighted by molar-refractivity contribution is 7.72. The number of rotatable bonds is 2. The molecule has 4 atom stereocenters. The maximum absolute atomic E-state index is 14.6. The Morgan fingerprint density at radius 2 is 2.05 bits per heavy atom. The van der Waals surface area contributed by atoms with E-state index in [0.29, 0.717) is 4.57 Å². The first-order valence-corrected chi connectivity index (χ1v) is 6.46. The molecule has 11 heteroatoms. The predicted octanol–water partition coefficient (Wildman–Crippen LogP) is 1.80. The van der Waals surface area contributed by atoms with Crippen molar-refractivity contribution in [3.8, 4) is 0 Å². The molecule has 0 amide bonds. The third-order valence-electron chi connectivity index (χ3n) is 3.16. The summed E-state index contributed by atoms with van der Waals surface area (Å²) in [6, 6.07) is 1.20. The van der Waals surface area contributed by atoms with Crippen molar-refractivity contribution in [2.45, 2.75) is 30.3 Å². The van der Waals surface area contributed by atoms with E-state index in [0.717, 1.165) is 6.20 Å². The number of aliphatic hydroxyl groups excluding tert-OH is 2. The first kappa shape index (κ1) is 16.5. The SMILES string of the molecule is OC[C@H]1O[C@@H](n2ccc(=S)[nH]c2=S)C(F)(C(F)(F)F)[C@H]1O. The van der Waals surface area contributed by atoms with Crippen LogP contribution in [-0.4, -0.2) is 50.4 Å². The summed E-state index contributed by atoms with van der Waals surface area (Å²) in [5.41, 5.74) is -4.12. The highest BCUT2D eigenvalue weighted by Gasteiger charge is 2.72. The average molecular weight is 346 g/mol. The smallest absolute Gasteiger partial charge is 0.394 e. The van der Waals surface area contributed by atoms with Gasteiger partial charge in [0.1, 0.15) is 16.8 Å². The lowest BCUT2D eigenvalue weighted by Crippen LogP contribution is -2.54. The molecular weight excluding hydrogens is 336 g/mol. The number of hydrogen-bond donors (Lipinski definition) is 3. The van der Waals surface area contributed by atoms with Crippen molar-refractivity contribution in [3.05, 3.63) is 21.7 Å². The zero-order chi connectivity index (χ0) is 16.0. The van der Waals surface area contributed by atoms with Crippen LogP contribution in [0.3, 0.4) is 0 Å². The summed E-state index contributed by atoms with van der Waals surface area (Å²) >= 11 is 9.55. The maximum atomic E-state index is 14.6. The maximum Gasteiger partial charge on any atom is 0.429 e. The molecule has 3 N–H and O–H groups in total. The number of aromatic nitrogens is 2. The molecule has 0 radical (unpaired) electrons. The van der Waals surface area contributed by atoms with Crippen molar-refractivity contribution in [1.82, 2.24) is 9.55 Å². The molecule has 0 bridgehead atoms. The minimum atomic E-state index is -5.43. The van der Waals surface area contributed by atoms with E-state index in [1.807, 2.05) is 0 Å². The molecule has 0 aliphatic carbocycles. The Balaban J connectivity index is 2.60. The van der Waals surface area contributed by atoms with Crippen molar-refractivity contribution in [3.63, 3.8) is 0 Å². The Kier molecular flexibility index (Phi) is 4.23. The monoisotopic (exact) mass is 346 g/mol. The van der Waals surface area contributed by atoms with E-state index < -0.39 is 36.9 Å². The van der Waals surface area contributed by atoms with Gasteiger partial charge in [0.25, 0.3) is 5.67 Å². The molecule has 118 valence electrons. The van der Waals surface area contributed by atoms with Crippen LogP contribution in [0.2, 0.25) is 0 Å². The first-order valence-electron chi connectivity index (χ1n) is 5.64. The number of aliphatic hydroxyl groups is 2. The largest absolute Gasteiger partial charge is 0.429 e. The van der Waals surface area contributed by atoms with Gasteiger partial charge < -0.3 is 19.9 Å². The van der Waals surface area contributed by atoms with Gasteiger partial charge >= 0.3 is 6.18 Å². The number of nitrogens with one attached hydrogen (secondary N) is 1. The molecule has 0 saturated carbocycles. The summed E-state index contributed by atoms with van der Waals surface area (Å²) in [6.45, 7) is -0.977. The van der Waals surface area contributed by atoms with Gasteiger partial charge in [0.05, 0.1) is 6.61 Å². The molecule has 1 fully saturated rings. The number of ether oxygens (including phenoxy) is 1. The van der Waals surface area contributed by atoms with Gasteiger partial charge in [-0.1, -0.05) is 12.2 Å². The third-order valence-corrected chi connectivity index (χ3v) is 3.71. The van der Waals surface area contributed by atoms with Gasteiger partial charge in [-0.2, -0.15) is 13.2 Å². The second-order valence-corrected chi connectivity index (χ2v) is 5.26. The summed E-state index contributed by atoms with van der Waals surface area (Å²) in [5, 5.41) is 18.5. The highest BCUT2D eigenvalue weighted by atomic mass is 32.1. The Hall–Kier alpha value is -0.880.